The van der Waals surface area contributed by atoms with Gasteiger partial charge in [0.15, 0.2) is 0 Å². The Morgan fingerprint density at radius 2 is 1.47 bits per heavy atom. The smallest absolute Gasteiger partial charge is 0.290 e. The quantitative estimate of drug-likeness (QED) is 0.237. The second-order valence-electron chi connectivity index (χ2n) is 8.35. The van der Waals surface area contributed by atoms with Gasteiger partial charge in [0.1, 0.15) is 30.4 Å². The topological polar surface area (TPSA) is 61.6 Å². The minimum atomic E-state index is -0.685. The number of carbonyl (C=O) groups is 1. The molecule has 0 fully saturated rings. The molecule has 0 N–H and O–H groups in total. The molecule has 0 spiro atoms. The average Bonchev–Trinajstić information content (AvgIpc) is 3.23. The van der Waals surface area contributed by atoms with Gasteiger partial charge in [-0.1, -0.05) is 79.7 Å². The SMILES string of the molecule is Cc1c(-c2cc(C(C)C)c(OCc3ccccc3)cc2OCc2ccccc2)noc1C(=O)Cl. The van der Waals surface area contributed by atoms with Gasteiger partial charge in [-0.2, -0.15) is 0 Å². The van der Waals surface area contributed by atoms with Crippen LogP contribution in [0.15, 0.2) is 77.3 Å². The molecule has 6 heteroatoms. The zero-order valence-corrected chi connectivity index (χ0v) is 20.1. The summed E-state index contributed by atoms with van der Waals surface area (Å²) in [7, 11) is 0. The molecule has 34 heavy (non-hydrogen) atoms. The summed E-state index contributed by atoms with van der Waals surface area (Å²) in [5, 5.41) is 3.46. The van der Waals surface area contributed by atoms with Crippen molar-refractivity contribution in [2.24, 2.45) is 0 Å². The van der Waals surface area contributed by atoms with Gasteiger partial charge in [-0.25, -0.2) is 0 Å². The van der Waals surface area contributed by atoms with Crippen molar-refractivity contribution in [3.05, 3.63) is 101 Å². The average molecular weight is 476 g/mol. The van der Waals surface area contributed by atoms with Crippen LogP contribution in [0.2, 0.25) is 0 Å². The zero-order chi connectivity index (χ0) is 24.1. The fraction of sp³-hybridized carbons (Fsp3) is 0.214. The van der Waals surface area contributed by atoms with Crippen LogP contribution in [0.4, 0.5) is 0 Å². The summed E-state index contributed by atoms with van der Waals surface area (Å²) in [6.45, 7) is 6.76. The fourth-order valence-corrected chi connectivity index (χ4v) is 3.88. The molecule has 0 atom stereocenters. The van der Waals surface area contributed by atoms with Gasteiger partial charge in [0.05, 0.1) is 0 Å². The lowest BCUT2D eigenvalue weighted by atomic mass is 9.96. The first-order valence-corrected chi connectivity index (χ1v) is 11.5. The van der Waals surface area contributed by atoms with E-state index < -0.39 is 5.24 Å². The van der Waals surface area contributed by atoms with Gasteiger partial charge in [0.2, 0.25) is 5.76 Å². The number of hydrogen-bond donors (Lipinski definition) is 0. The number of nitrogens with zero attached hydrogens (tertiary/aromatic N) is 1. The molecule has 174 valence electrons. The highest BCUT2D eigenvalue weighted by Gasteiger charge is 2.24. The first kappa shape index (κ1) is 23.6. The monoisotopic (exact) mass is 475 g/mol. The van der Waals surface area contributed by atoms with E-state index in [-0.39, 0.29) is 11.7 Å². The Morgan fingerprint density at radius 3 is 1.97 bits per heavy atom. The fourth-order valence-electron chi connectivity index (χ4n) is 3.70. The van der Waals surface area contributed by atoms with E-state index in [1.807, 2.05) is 72.8 Å². The summed E-state index contributed by atoms with van der Waals surface area (Å²) in [6, 6.07) is 23.8. The lowest BCUT2D eigenvalue weighted by Crippen LogP contribution is -2.04. The molecule has 0 aliphatic rings. The van der Waals surface area contributed by atoms with Crippen molar-refractivity contribution in [3.8, 4) is 22.8 Å². The second kappa shape index (κ2) is 10.6. The first-order chi connectivity index (χ1) is 16.4. The van der Waals surface area contributed by atoms with E-state index in [1.54, 1.807) is 6.92 Å². The highest BCUT2D eigenvalue weighted by atomic mass is 35.5. The predicted molar refractivity (Wildman–Crippen MR) is 132 cm³/mol. The summed E-state index contributed by atoms with van der Waals surface area (Å²) in [5.41, 5.74) is 4.91. The number of carbonyl (C=O) groups excluding carboxylic acids is 1. The highest BCUT2D eigenvalue weighted by molar-refractivity contribution is 6.67. The van der Waals surface area contributed by atoms with E-state index in [0.717, 1.165) is 28.0 Å². The van der Waals surface area contributed by atoms with Crippen LogP contribution in [0, 0.1) is 6.92 Å². The summed E-state index contributed by atoms with van der Waals surface area (Å²) in [5.74, 6) is 1.52. The third-order valence-electron chi connectivity index (χ3n) is 5.57. The number of aromatic nitrogens is 1. The molecule has 1 heterocycles. The molecule has 0 unspecified atom stereocenters. The molecule has 0 bridgehead atoms. The van der Waals surface area contributed by atoms with Crippen LogP contribution in [0.1, 0.15) is 52.6 Å². The van der Waals surface area contributed by atoms with Crippen LogP contribution < -0.4 is 9.47 Å². The summed E-state index contributed by atoms with van der Waals surface area (Å²) >= 11 is 5.67. The first-order valence-electron chi connectivity index (χ1n) is 11.1. The molecule has 1 aromatic heterocycles. The molecule has 0 radical (unpaired) electrons. The van der Waals surface area contributed by atoms with E-state index in [0.29, 0.717) is 30.2 Å². The predicted octanol–water partition coefficient (Wildman–Crippen LogP) is 7.31. The van der Waals surface area contributed by atoms with E-state index in [1.165, 1.54) is 0 Å². The molecular formula is C28H26ClNO4. The van der Waals surface area contributed by atoms with Gasteiger partial charge < -0.3 is 14.0 Å². The maximum Gasteiger partial charge on any atom is 0.290 e. The van der Waals surface area contributed by atoms with Gasteiger partial charge in [0, 0.05) is 17.2 Å². The van der Waals surface area contributed by atoms with E-state index >= 15 is 0 Å². The molecule has 0 aliphatic carbocycles. The van der Waals surface area contributed by atoms with Crippen LogP contribution in [0.5, 0.6) is 11.5 Å². The molecule has 3 aromatic carbocycles. The summed E-state index contributed by atoms with van der Waals surface area (Å²) in [6.07, 6.45) is 0. The van der Waals surface area contributed by atoms with Crippen LogP contribution in [-0.2, 0) is 13.2 Å². The van der Waals surface area contributed by atoms with Crippen molar-refractivity contribution in [3.63, 3.8) is 0 Å². The number of halogens is 1. The lowest BCUT2D eigenvalue weighted by molar-refractivity contribution is 0.104. The normalized spacial score (nSPS) is 11.0. The number of benzene rings is 3. The van der Waals surface area contributed by atoms with Crippen molar-refractivity contribution in [2.75, 3.05) is 0 Å². The molecule has 0 saturated heterocycles. The Hall–Kier alpha value is -3.57. The molecule has 5 nitrogen and oxygen atoms in total. The maximum absolute atomic E-state index is 11.7. The number of ether oxygens (including phenoxy) is 2. The Balaban J connectivity index is 1.76. The third kappa shape index (κ3) is 5.32. The summed E-state index contributed by atoms with van der Waals surface area (Å²) < 4.78 is 17.7. The van der Waals surface area contributed by atoms with Gasteiger partial charge >= 0.3 is 0 Å². The minimum absolute atomic E-state index is 0.0289. The van der Waals surface area contributed by atoms with Crippen molar-refractivity contribution in [1.29, 1.82) is 0 Å². The second-order valence-corrected chi connectivity index (χ2v) is 8.69. The molecule has 0 saturated carbocycles. The molecule has 4 aromatic rings. The Morgan fingerprint density at radius 1 is 0.912 bits per heavy atom. The zero-order valence-electron chi connectivity index (χ0n) is 19.4. The molecule has 0 aliphatic heterocycles. The van der Waals surface area contributed by atoms with Crippen LogP contribution in [0.3, 0.4) is 0 Å². The van der Waals surface area contributed by atoms with Gasteiger partial charge in [-0.3, -0.25) is 4.79 Å². The van der Waals surface area contributed by atoms with Crippen LogP contribution in [0.25, 0.3) is 11.3 Å². The van der Waals surface area contributed by atoms with E-state index in [4.69, 9.17) is 25.6 Å². The molecular weight excluding hydrogens is 450 g/mol. The van der Waals surface area contributed by atoms with Crippen molar-refractivity contribution in [2.45, 2.75) is 39.9 Å². The minimum Gasteiger partial charge on any atom is -0.488 e. The number of hydrogen-bond acceptors (Lipinski definition) is 5. The molecule has 0 amide bonds. The van der Waals surface area contributed by atoms with Crippen molar-refractivity contribution in [1.82, 2.24) is 5.16 Å². The largest absolute Gasteiger partial charge is 0.488 e. The van der Waals surface area contributed by atoms with Gasteiger partial charge in [-0.15, -0.1) is 0 Å². The summed E-state index contributed by atoms with van der Waals surface area (Å²) in [4.78, 5) is 11.7. The van der Waals surface area contributed by atoms with Crippen LogP contribution in [-0.4, -0.2) is 10.4 Å². The molecule has 4 rings (SSSR count). The van der Waals surface area contributed by atoms with E-state index in [9.17, 15) is 4.79 Å². The van der Waals surface area contributed by atoms with Gasteiger partial charge in [0.25, 0.3) is 5.24 Å². The Bertz CT molecular complexity index is 1270. The highest BCUT2D eigenvalue weighted by Crippen LogP contribution is 2.41. The standard InChI is InChI=1S/C28H26ClNO4/c1-18(2)22-14-23(26-19(3)27(28(29)31)34-30-26)25(33-17-21-12-8-5-9-13-21)15-24(22)32-16-20-10-6-4-7-11-20/h4-15,18H,16-17H2,1-3H3. The third-order valence-corrected chi connectivity index (χ3v) is 5.74. The Kier molecular flexibility index (Phi) is 7.33. The van der Waals surface area contributed by atoms with Crippen molar-refractivity contribution >= 4 is 16.8 Å². The Labute approximate surface area is 204 Å². The van der Waals surface area contributed by atoms with Crippen LogP contribution >= 0.6 is 11.6 Å². The maximum atomic E-state index is 11.7. The van der Waals surface area contributed by atoms with Gasteiger partial charge in [-0.05, 0) is 47.2 Å². The number of rotatable bonds is 9. The van der Waals surface area contributed by atoms with Crippen molar-refractivity contribution < 1.29 is 18.8 Å². The van der Waals surface area contributed by atoms with E-state index in [2.05, 4.69) is 19.0 Å². The lowest BCUT2D eigenvalue weighted by Gasteiger charge is -2.19.